The Balaban J connectivity index is 2.66. The van der Waals surface area contributed by atoms with Gasteiger partial charge in [-0.1, -0.05) is 15.9 Å². The number of halogens is 1. The molecule has 1 aromatic heterocycles. The minimum Gasteiger partial charge on any atom is -0.460 e. The molecule has 2 aromatic rings. The van der Waals surface area contributed by atoms with Crippen LogP contribution in [0.5, 0.6) is 0 Å². The molecule has 0 N–H and O–H groups in total. The highest BCUT2D eigenvalue weighted by atomic mass is 79.9. The smallest absolute Gasteiger partial charge is 0.175 e. The molecule has 80 valence electrons. The Bertz CT molecular complexity index is 598. The fourth-order valence-corrected chi connectivity index (χ4v) is 2.31. The first-order chi connectivity index (χ1) is 7.00. The molecule has 0 aliphatic carbocycles. The first-order valence-corrected chi connectivity index (χ1v) is 7.30. The van der Waals surface area contributed by atoms with Crippen molar-refractivity contribution in [2.45, 2.75) is 10.2 Å². The average Bonchev–Trinajstić information content (AvgIpc) is 2.57. The Hall–Kier alpha value is -0.810. The summed E-state index contributed by atoms with van der Waals surface area (Å²) < 4.78 is 28.1. The molecule has 2 rings (SSSR count). The lowest BCUT2D eigenvalue weighted by Gasteiger charge is -1.96. The molecule has 5 heteroatoms. The Labute approximate surface area is 96.1 Å². The number of benzene rings is 1. The lowest BCUT2D eigenvalue weighted by Crippen LogP contribution is -1.95. The fraction of sp³-hybridized carbons (Fsp3) is 0.200. The molecule has 0 bridgehead atoms. The van der Waals surface area contributed by atoms with Crippen molar-refractivity contribution in [2.75, 3.05) is 6.26 Å². The molecule has 0 radical (unpaired) electrons. The fourth-order valence-electron chi connectivity index (χ4n) is 1.37. The van der Waals surface area contributed by atoms with Crippen LogP contribution in [0.3, 0.4) is 0 Å². The number of hydrogen-bond acceptors (Lipinski definition) is 3. The van der Waals surface area contributed by atoms with Crippen molar-refractivity contribution >= 4 is 36.7 Å². The van der Waals surface area contributed by atoms with Gasteiger partial charge in [-0.25, -0.2) is 8.42 Å². The molecular formula is C10H9BrO3S. The molecule has 0 aliphatic heterocycles. The number of furan rings is 1. The van der Waals surface area contributed by atoms with Crippen LogP contribution in [0.15, 0.2) is 33.6 Å². The molecule has 0 atom stereocenters. The van der Waals surface area contributed by atoms with Crippen molar-refractivity contribution in [3.05, 3.63) is 30.0 Å². The van der Waals surface area contributed by atoms with Crippen molar-refractivity contribution < 1.29 is 12.8 Å². The molecule has 0 amide bonds. The van der Waals surface area contributed by atoms with Crippen LogP contribution in [0.2, 0.25) is 0 Å². The highest BCUT2D eigenvalue weighted by molar-refractivity contribution is 9.08. The van der Waals surface area contributed by atoms with Gasteiger partial charge in [0.1, 0.15) is 11.3 Å². The van der Waals surface area contributed by atoms with Gasteiger partial charge in [0.2, 0.25) is 0 Å². The van der Waals surface area contributed by atoms with Gasteiger partial charge in [-0.15, -0.1) is 0 Å². The SMILES string of the molecule is CS(=O)(=O)c1ccc2oc(CBr)cc2c1. The van der Waals surface area contributed by atoms with Crippen molar-refractivity contribution in [1.82, 2.24) is 0 Å². The van der Waals surface area contributed by atoms with Crippen molar-refractivity contribution in [1.29, 1.82) is 0 Å². The van der Waals surface area contributed by atoms with Gasteiger partial charge in [0.05, 0.1) is 10.2 Å². The Morgan fingerprint density at radius 2 is 2.07 bits per heavy atom. The second-order valence-electron chi connectivity index (χ2n) is 3.32. The molecule has 0 saturated heterocycles. The van der Waals surface area contributed by atoms with Gasteiger partial charge in [0.25, 0.3) is 0 Å². The van der Waals surface area contributed by atoms with Crippen LogP contribution >= 0.6 is 15.9 Å². The predicted octanol–water partition coefficient (Wildman–Crippen LogP) is 2.73. The second-order valence-corrected chi connectivity index (χ2v) is 5.89. The van der Waals surface area contributed by atoms with Crippen LogP contribution in [0.1, 0.15) is 5.76 Å². The Morgan fingerprint density at radius 3 is 2.67 bits per heavy atom. The van der Waals surface area contributed by atoms with Crippen LogP contribution in [-0.4, -0.2) is 14.7 Å². The van der Waals surface area contributed by atoms with E-state index in [9.17, 15) is 8.42 Å². The second kappa shape index (κ2) is 3.64. The lowest BCUT2D eigenvalue weighted by molar-refractivity contribution is 0.575. The number of hydrogen-bond donors (Lipinski definition) is 0. The lowest BCUT2D eigenvalue weighted by atomic mass is 10.2. The van der Waals surface area contributed by atoms with Gasteiger partial charge >= 0.3 is 0 Å². The molecule has 1 heterocycles. The van der Waals surface area contributed by atoms with E-state index in [0.29, 0.717) is 15.8 Å². The van der Waals surface area contributed by atoms with Gasteiger partial charge < -0.3 is 4.42 Å². The maximum absolute atomic E-state index is 11.3. The van der Waals surface area contributed by atoms with Crippen molar-refractivity contribution in [3.8, 4) is 0 Å². The summed E-state index contributed by atoms with van der Waals surface area (Å²) in [6.07, 6.45) is 1.19. The maximum Gasteiger partial charge on any atom is 0.175 e. The topological polar surface area (TPSA) is 47.3 Å². The molecule has 0 aliphatic rings. The summed E-state index contributed by atoms with van der Waals surface area (Å²) >= 11 is 3.28. The molecule has 3 nitrogen and oxygen atoms in total. The third kappa shape index (κ3) is 2.08. The number of fused-ring (bicyclic) bond motifs is 1. The molecule has 0 unspecified atom stereocenters. The number of sulfone groups is 1. The molecule has 1 aromatic carbocycles. The quantitative estimate of drug-likeness (QED) is 0.799. The summed E-state index contributed by atoms with van der Waals surface area (Å²) in [6, 6.07) is 6.69. The first-order valence-electron chi connectivity index (χ1n) is 4.29. The van der Waals surface area contributed by atoms with Crippen LogP contribution in [-0.2, 0) is 15.2 Å². The zero-order valence-electron chi connectivity index (χ0n) is 8.03. The van der Waals surface area contributed by atoms with Crippen molar-refractivity contribution in [2.24, 2.45) is 0 Å². The van der Waals surface area contributed by atoms with E-state index >= 15 is 0 Å². The van der Waals surface area contributed by atoms with E-state index < -0.39 is 9.84 Å². The average molecular weight is 289 g/mol. The standard InChI is InChI=1S/C10H9BrO3S/c1-15(12,13)9-2-3-10-7(5-9)4-8(6-11)14-10/h2-5H,6H2,1H3. The largest absolute Gasteiger partial charge is 0.460 e. The van der Waals surface area contributed by atoms with E-state index in [0.717, 1.165) is 11.1 Å². The number of alkyl halides is 1. The minimum absolute atomic E-state index is 0.317. The molecule has 0 saturated carbocycles. The van der Waals surface area contributed by atoms with Gasteiger partial charge in [-0.2, -0.15) is 0 Å². The Kier molecular flexibility index (Phi) is 2.60. The third-order valence-electron chi connectivity index (χ3n) is 2.10. The van der Waals surface area contributed by atoms with E-state index in [4.69, 9.17) is 4.42 Å². The van der Waals surface area contributed by atoms with E-state index in [1.54, 1.807) is 18.2 Å². The van der Waals surface area contributed by atoms with Crippen LogP contribution < -0.4 is 0 Å². The monoisotopic (exact) mass is 288 g/mol. The van der Waals surface area contributed by atoms with Crippen LogP contribution in [0, 0.1) is 0 Å². The van der Waals surface area contributed by atoms with Gasteiger partial charge in [0, 0.05) is 11.6 Å². The highest BCUT2D eigenvalue weighted by Crippen LogP contribution is 2.23. The zero-order chi connectivity index (χ0) is 11.1. The molecule has 15 heavy (non-hydrogen) atoms. The molecule has 0 fully saturated rings. The highest BCUT2D eigenvalue weighted by Gasteiger charge is 2.09. The summed E-state index contributed by atoms with van der Waals surface area (Å²) in [4.78, 5) is 0.317. The summed E-state index contributed by atoms with van der Waals surface area (Å²) in [7, 11) is -3.15. The molecule has 0 spiro atoms. The molecular weight excluding hydrogens is 280 g/mol. The Morgan fingerprint density at radius 1 is 1.33 bits per heavy atom. The summed E-state index contributed by atoms with van der Waals surface area (Å²) in [5, 5.41) is 1.43. The first kappa shape index (κ1) is 10.7. The predicted molar refractivity (Wildman–Crippen MR) is 62.0 cm³/mol. The van der Waals surface area contributed by atoms with Gasteiger partial charge in [-0.3, -0.25) is 0 Å². The van der Waals surface area contributed by atoms with Gasteiger partial charge in [-0.05, 0) is 24.3 Å². The normalized spacial score (nSPS) is 12.1. The van der Waals surface area contributed by atoms with Crippen LogP contribution in [0.4, 0.5) is 0 Å². The van der Waals surface area contributed by atoms with E-state index in [1.165, 1.54) is 6.26 Å². The third-order valence-corrected chi connectivity index (χ3v) is 3.76. The van der Waals surface area contributed by atoms with Crippen LogP contribution in [0.25, 0.3) is 11.0 Å². The minimum atomic E-state index is -3.15. The van der Waals surface area contributed by atoms with E-state index in [1.807, 2.05) is 6.07 Å². The van der Waals surface area contributed by atoms with Gasteiger partial charge in [0.15, 0.2) is 9.84 Å². The zero-order valence-corrected chi connectivity index (χ0v) is 10.4. The van der Waals surface area contributed by atoms with E-state index in [2.05, 4.69) is 15.9 Å². The summed E-state index contributed by atoms with van der Waals surface area (Å²) in [6.45, 7) is 0. The summed E-state index contributed by atoms with van der Waals surface area (Å²) in [5.74, 6) is 0.788. The van der Waals surface area contributed by atoms with E-state index in [-0.39, 0.29) is 0 Å². The maximum atomic E-state index is 11.3. The van der Waals surface area contributed by atoms with Crippen molar-refractivity contribution in [3.63, 3.8) is 0 Å². The number of rotatable bonds is 2. The summed E-state index contributed by atoms with van der Waals surface area (Å²) in [5.41, 5.74) is 0.705.